The summed E-state index contributed by atoms with van der Waals surface area (Å²) in [7, 11) is 1.91. The minimum absolute atomic E-state index is 0.128. The second kappa shape index (κ2) is 10.0. The molecule has 1 fully saturated rings. The number of aromatic nitrogens is 3. The highest BCUT2D eigenvalue weighted by Crippen LogP contribution is 2.24. The van der Waals surface area contributed by atoms with Crippen molar-refractivity contribution in [2.75, 3.05) is 31.9 Å². The molecule has 1 aliphatic rings. The highest BCUT2D eigenvalue weighted by molar-refractivity contribution is 7.99. The van der Waals surface area contributed by atoms with Crippen LogP contribution in [-0.4, -0.2) is 62.4 Å². The number of carbonyl (C=O) groups is 1. The summed E-state index contributed by atoms with van der Waals surface area (Å²) < 4.78 is 1.91. The lowest BCUT2D eigenvalue weighted by Gasteiger charge is -2.34. The molecule has 0 unspecified atom stereocenters. The van der Waals surface area contributed by atoms with E-state index < -0.39 is 0 Å². The first-order chi connectivity index (χ1) is 15.0. The van der Waals surface area contributed by atoms with Crippen LogP contribution in [0, 0.1) is 0 Å². The van der Waals surface area contributed by atoms with Crippen molar-refractivity contribution in [3.63, 3.8) is 0 Å². The topological polar surface area (TPSA) is 54.3 Å². The van der Waals surface area contributed by atoms with Crippen molar-refractivity contribution in [3.8, 4) is 11.4 Å². The molecular weight excluding hydrogens is 453 g/mol. The van der Waals surface area contributed by atoms with Gasteiger partial charge in [0.05, 0.1) is 5.75 Å². The largest absolute Gasteiger partial charge is 0.339 e. The molecule has 162 valence electrons. The van der Waals surface area contributed by atoms with E-state index in [1.165, 1.54) is 17.3 Å². The molecule has 0 radical (unpaired) electrons. The van der Waals surface area contributed by atoms with Gasteiger partial charge in [-0.25, -0.2) is 0 Å². The molecule has 0 aliphatic carbocycles. The Bertz CT molecular complexity index is 1050. The molecule has 2 aromatic carbocycles. The Morgan fingerprint density at radius 2 is 1.74 bits per heavy atom. The summed E-state index contributed by atoms with van der Waals surface area (Å²) in [6.07, 6.45) is 0. The first kappa shape index (κ1) is 22.1. The Kier molecular flexibility index (Phi) is 7.17. The van der Waals surface area contributed by atoms with Crippen molar-refractivity contribution in [2.24, 2.45) is 7.05 Å². The van der Waals surface area contributed by atoms with E-state index in [4.69, 9.17) is 23.2 Å². The fraction of sp³-hybridized carbons (Fsp3) is 0.318. The van der Waals surface area contributed by atoms with Gasteiger partial charge in [-0.3, -0.25) is 9.69 Å². The molecule has 3 aromatic rings. The quantitative estimate of drug-likeness (QED) is 0.499. The van der Waals surface area contributed by atoms with Gasteiger partial charge in [-0.1, -0.05) is 47.1 Å². The van der Waals surface area contributed by atoms with Gasteiger partial charge in [0.2, 0.25) is 5.91 Å². The van der Waals surface area contributed by atoms with Gasteiger partial charge in [0.15, 0.2) is 11.0 Å². The monoisotopic (exact) mass is 475 g/mol. The van der Waals surface area contributed by atoms with Crippen LogP contribution in [0.2, 0.25) is 10.0 Å². The van der Waals surface area contributed by atoms with Crippen LogP contribution in [-0.2, 0) is 18.4 Å². The smallest absolute Gasteiger partial charge is 0.233 e. The fourth-order valence-corrected chi connectivity index (χ4v) is 4.71. The van der Waals surface area contributed by atoms with Gasteiger partial charge in [-0.2, -0.15) is 0 Å². The number of carbonyl (C=O) groups excluding carboxylic acids is 1. The number of hydrogen-bond acceptors (Lipinski definition) is 5. The predicted octanol–water partition coefficient (Wildman–Crippen LogP) is 4.23. The Hall–Kier alpha value is -2.06. The molecule has 0 bridgehead atoms. The lowest BCUT2D eigenvalue weighted by Crippen LogP contribution is -2.48. The number of hydrogen-bond donors (Lipinski definition) is 0. The van der Waals surface area contributed by atoms with Crippen LogP contribution in [0.15, 0.2) is 53.7 Å². The van der Waals surface area contributed by atoms with Crippen molar-refractivity contribution in [2.45, 2.75) is 11.7 Å². The van der Waals surface area contributed by atoms with E-state index in [1.54, 1.807) is 0 Å². The summed E-state index contributed by atoms with van der Waals surface area (Å²) in [4.78, 5) is 17.0. The average molecular weight is 476 g/mol. The molecule has 6 nitrogen and oxygen atoms in total. The third-order valence-corrected chi connectivity index (χ3v) is 6.77. The lowest BCUT2D eigenvalue weighted by molar-refractivity contribution is -0.130. The van der Waals surface area contributed by atoms with Crippen LogP contribution in [0.1, 0.15) is 5.56 Å². The third-order valence-electron chi connectivity index (χ3n) is 5.28. The van der Waals surface area contributed by atoms with Gasteiger partial charge >= 0.3 is 0 Å². The number of piperazine rings is 1. The van der Waals surface area contributed by atoms with E-state index in [9.17, 15) is 4.79 Å². The highest BCUT2D eigenvalue weighted by atomic mass is 35.5. The van der Waals surface area contributed by atoms with Crippen LogP contribution in [0.25, 0.3) is 11.4 Å². The van der Waals surface area contributed by atoms with Crippen LogP contribution in [0.5, 0.6) is 0 Å². The Labute approximate surface area is 196 Å². The van der Waals surface area contributed by atoms with Crippen molar-refractivity contribution in [3.05, 3.63) is 64.1 Å². The van der Waals surface area contributed by atoms with Crippen molar-refractivity contribution in [1.82, 2.24) is 24.6 Å². The number of benzene rings is 2. The van der Waals surface area contributed by atoms with E-state index in [0.717, 1.165) is 54.3 Å². The molecule has 0 atom stereocenters. The van der Waals surface area contributed by atoms with Gasteiger partial charge in [0.1, 0.15) is 0 Å². The summed E-state index contributed by atoms with van der Waals surface area (Å²) in [5.74, 6) is 1.23. The first-order valence-electron chi connectivity index (χ1n) is 10.0. The van der Waals surface area contributed by atoms with Gasteiger partial charge in [0.25, 0.3) is 0 Å². The maximum atomic E-state index is 12.7. The lowest BCUT2D eigenvalue weighted by atomic mass is 10.2. The van der Waals surface area contributed by atoms with Crippen LogP contribution < -0.4 is 0 Å². The molecule has 9 heteroatoms. The molecule has 4 rings (SSSR count). The molecular formula is C22H23Cl2N5OS. The van der Waals surface area contributed by atoms with Crippen LogP contribution >= 0.6 is 35.0 Å². The normalized spacial score (nSPS) is 14.7. The molecule has 0 N–H and O–H groups in total. The Morgan fingerprint density at radius 1 is 1.00 bits per heavy atom. The Balaban J connectivity index is 1.27. The van der Waals surface area contributed by atoms with Crippen LogP contribution in [0.3, 0.4) is 0 Å². The van der Waals surface area contributed by atoms with Crippen molar-refractivity contribution < 1.29 is 4.79 Å². The van der Waals surface area contributed by atoms with Crippen molar-refractivity contribution in [1.29, 1.82) is 0 Å². The third kappa shape index (κ3) is 5.60. The summed E-state index contributed by atoms with van der Waals surface area (Å²) in [6.45, 7) is 4.02. The standard InChI is InChI=1S/C22H23Cl2N5OS/c1-27-21(17-5-7-18(23)8-6-17)25-26-22(27)31-15-20(30)29-11-9-28(10-12-29)14-16-3-2-4-19(24)13-16/h2-8,13H,9-12,14-15H2,1H3. The maximum absolute atomic E-state index is 12.7. The number of nitrogens with zero attached hydrogens (tertiary/aromatic N) is 5. The minimum atomic E-state index is 0.128. The van der Waals surface area contributed by atoms with Gasteiger partial charge < -0.3 is 9.47 Å². The molecule has 1 amide bonds. The zero-order valence-electron chi connectivity index (χ0n) is 17.2. The second-order valence-electron chi connectivity index (χ2n) is 7.45. The number of amides is 1. The van der Waals surface area contributed by atoms with Gasteiger partial charge in [-0.05, 0) is 42.0 Å². The van der Waals surface area contributed by atoms with E-state index in [1.807, 2.05) is 59.0 Å². The molecule has 2 heterocycles. The summed E-state index contributed by atoms with van der Waals surface area (Å²) in [5, 5.41) is 10.7. The highest BCUT2D eigenvalue weighted by Gasteiger charge is 2.22. The average Bonchev–Trinajstić information content (AvgIpc) is 3.13. The van der Waals surface area contributed by atoms with Crippen LogP contribution in [0.4, 0.5) is 0 Å². The van der Waals surface area contributed by atoms with E-state index in [2.05, 4.69) is 21.2 Å². The summed E-state index contributed by atoms with van der Waals surface area (Å²) in [5.41, 5.74) is 2.13. The zero-order valence-corrected chi connectivity index (χ0v) is 19.5. The molecule has 1 saturated heterocycles. The second-order valence-corrected chi connectivity index (χ2v) is 9.26. The SMILES string of the molecule is Cn1c(SCC(=O)N2CCN(Cc3cccc(Cl)c3)CC2)nnc1-c1ccc(Cl)cc1. The predicted molar refractivity (Wildman–Crippen MR) is 125 cm³/mol. The van der Waals surface area contributed by atoms with E-state index in [-0.39, 0.29) is 5.91 Å². The maximum Gasteiger partial charge on any atom is 0.233 e. The number of thioether (sulfide) groups is 1. The fourth-order valence-electron chi connectivity index (χ4n) is 3.56. The molecule has 1 aromatic heterocycles. The molecule has 0 saturated carbocycles. The molecule has 31 heavy (non-hydrogen) atoms. The van der Waals surface area contributed by atoms with Gasteiger partial charge in [-0.15, -0.1) is 10.2 Å². The number of rotatable bonds is 6. The summed E-state index contributed by atoms with van der Waals surface area (Å²) in [6, 6.07) is 15.4. The van der Waals surface area contributed by atoms with E-state index >= 15 is 0 Å². The minimum Gasteiger partial charge on any atom is -0.339 e. The zero-order chi connectivity index (χ0) is 21.8. The number of halogens is 2. The first-order valence-corrected chi connectivity index (χ1v) is 11.8. The van der Waals surface area contributed by atoms with Crippen molar-refractivity contribution >= 4 is 40.9 Å². The molecule has 0 spiro atoms. The van der Waals surface area contributed by atoms with E-state index in [0.29, 0.717) is 10.8 Å². The van der Waals surface area contributed by atoms with Gasteiger partial charge in [0, 0.05) is 55.4 Å². The molecule has 1 aliphatic heterocycles. The summed E-state index contributed by atoms with van der Waals surface area (Å²) >= 11 is 13.5. The Morgan fingerprint density at radius 3 is 2.45 bits per heavy atom.